The van der Waals surface area contributed by atoms with E-state index in [1.807, 2.05) is 17.8 Å². The number of aliphatic hydroxyl groups excluding tert-OH is 1. The second kappa shape index (κ2) is 8.29. The fourth-order valence-corrected chi connectivity index (χ4v) is 7.39. The molecule has 0 aliphatic heterocycles. The molecule has 2 nitrogen and oxygen atoms in total. The number of hydrogen-bond donors (Lipinski definition) is 1. The van der Waals surface area contributed by atoms with Crippen LogP contribution >= 0.6 is 11.8 Å². The lowest BCUT2D eigenvalue weighted by molar-refractivity contribution is -0.127. The van der Waals surface area contributed by atoms with E-state index in [1.165, 1.54) is 12.0 Å². The van der Waals surface area contributed by atoms with E-state index in [-0.39, 0.29) is 28.1 Å². The molecule has 5 atom stereocenters. The fourth-order valence-electron chi connectivity index (χ4n) is 5.41. The van der Waals surface area contributed by atoms with Crippen molar-refractivity contribution in [1.29, 1.82) is 0 Å². The van der Waals surface area contributed by atoms with E-state index < -0.39 is 0 Å². The van der Waals surface area contributed by atoms with E-state index in [4.69, 9.17) is 0 Å². The standard InChI is InChI=1S/C24H36O2S/c1-5-6-12-20(25)17(2)22(18-10-8-7-9-11-18)27-16-24-14-13-19(15-21(24)26)23(24,3)4/h7-11,17,19-20,22,25H,5-6,12-16H2,1-4H3/t17-,19-,20+,22-,24-/m1/s1. The Morgan fingerprint density at radius 2 is 1.96 bits per heavy atom. The van der Waals surface area contributed by atoms with Crippen LogP contribution in [0.25, 0.3) is 0 Å². The van der Waals surface area contributed by atoms with Crippen molar-refractivity contribution >= 4 is 17.5 Å². The summed E-state index contributed by atoms with van der Waals surface area (Å²) < 4.78 is 0. The highest BCUT2D eigenvalue weighted by Gasteiger charge is 2.63. The number of thioether (sulfide) groups is 1. The zero-order chi connectivity index (χ0) is 19.7. The molecule has 3 rings (SSSR count). The summed E-state index contributed by atoms with van der Waals surface area (Å²) in [4.78, 5) is 12.9. The number of aliphatic hydroxyl groups is 1. The molecule has 2 aliphatic rings. The van der Waals surface area contributed by atoms with Gasteiger partial charge in [0.05, 0.1) is 6.10 Å². The van der Waals surface area contributed by atoms with E-state index in [1.54, 1.807) is 0 Å². The van der Waals surface area contributed by atoms with Crippen molar-refractivity contribution in [3.05, 3.63) is 35.9 Å². The van der Waals surface area contributed by atoms with Gasteiger partial charge in [0, 0.05) is 22.8 Å². The normalized spacial score (nSPS) is 29.7. The average Bonchev–Trinajstić information content (AvgIpc) is 3.01. The highest BCUT2D eigenvalue weighted by Crippen LogP contribution is 2.65. The Kier molecular flexibility index (Phi) is 6.42. The SMILES string of the molecule is CCCC[C@H](O)[C@@H](C)[C@@H](SC[C@]12CC[C@H](CC1=O)C2(C)C)c1ccccc1. The summed E-state index contributed by atoms with van der Waals surface area (Å²) in [6, 6.07) is 10.6. The minimum Gasteiger partial charge on any atom is -0.393 e. The van der Waals surface area contributed by atoms with Crippen molar-refractivity contribution in [2.75, 3.05) is 5.75 Å². The highest BCUT2D eigenvalue weighted by atomic mass is 32.2. The van der Waals surface area contributed by atoms with Crippen LogP contribution in [0.2, 0.25) is 0 Å². The third-order valence-corrected chi connectivity index (χ3v) is 9.43. The van der Waals surface area contributed by atoms with Crippen LogP contribution in [-0.2, 0) is 4.79 Å². The molecule has 0 amide bonds. The number of carbonyl (C=O) groups excluding carboxylic acids is 1. The Labute approximate surface area is 169 Å². The molecule has 0 radical (unpaired) electrons. The number of fused-ring (bicyclic) bond motifs is 2. The van der Waals surface area contributed by atoms with Crippen molar-refractivity contribution in [1.82, 2.24) is 0 Å². The smallest absolute Gasteiger partial charge is 0.140 e. The molecule has 27 heavy (non-hydrogen) atoms. The van der Waals surface area contributed by atoms with Crippen molar-refractivity contribution in [2.45, 2.75) is 77.6 Å². The van der Waals surface area contributed by atoms with Crippen LogP contribution < -0.4 is 0 Å². The molecule has 0 saturated heterocycles. The summed E-state index contributed by atoms with van der Waals surface area (Å²) in [5.74, 6) is 2.12. The fraction of sp³-hybridized carbons (Fsp3) is 0.708. The van der Waals surface area contributed by atoms with Gasteiger partial charge in [0.2, 0.25) is 0 Å². The Bertz CT molecular complexity index is 641. The van der Waals surface area contributed by atoms with Crippen molar-refractivity contribution in [3.63, 3.8) is 0 Å². The first kappa shape index (κ1) is 20.9. The molecule has 0 heterocycles. The number of hydrogen-bond acceptors (Lipinski definition) is 3. The monoisotopic (exact) mass is 388 g/mol. The summed E-state index contributed by atoms with van der Waals surface area (Å²) in [5, 5.41) is 11.0. The molecular formula is C24H36O2S. The molecule has 3 heteroatoms. The van der Waals surface area contributed by atoms with E-state index in [0.29, 0.717) is 11.7 Å². The summed E-state index contributed by atoms with van der Waals surface area (Å²) in [6.07, 6.45) is 5.77. The lowest BCUT2D eigenvalue weighted by Crippen LogP contribution is -2.39. The Hall–Kier alpha value is -0.800. The second-order valence-corrected chi connectivity index (χ2v) is 10.5. The molecule has 1 aromatic rings. The van der Waals surface area contributed by atoms with Crippen LogP contribution in [-0.4, -0.2) is 22.7 Å². The Morgan fingerprint density at radius 3 is 2.52 bits per heavy atom. The lowest BCUT2D eigenvalue weighted by atomic mass is 9.70. The van der Waals surface area contributed by atoms with Crippen LogP contribution in [0.5, 0.6) is 0 Å². The van der Waals surface area contributed by atoms with Gasteiger partial charge in [0.1, 0.15) is 5.78 Å². The third-order valence-electron chi connectivity index (χ3n) is 7.71. The molecule has 150 valence electrons. The summed E-state index contributed by atoms with van der Waals surface area (Å²) in [6.45, 7) is 8.98. The number of rotatable bonds is 9. The number of carbonyl (C=O) groups is 1. The van der Waals surface area contributed by atoms with Crippen LogP contribution in [0.1, 0.15) is 77.0 Å². The molecule has 2 bridgehead atoms. The summed E-state index contributed by atoms with van der Waals surface area (Å²) in [5.41, 5.74) is 1.23. The van der Waals surface area contributed by atoms with Gasteiger partial charge in [-0.05, 0) is 42.1 Å². The molecule has 2 saturated carbocycles. The predicted octanol–water partition coefficient (Wildman–Crippen LogP) is 6.04. The third kappa shape index (κ3) is 3.74. The first-order chi connectivity index (χ1) is 12.8. The van der Waals surface area contributed by atoms with Gasteiger partial charge in [-0.3, -0.25) is 4.79 Å². The molecule has 2 fully saturated rings. The van der Waals surface area contributed by atoms with E-state index >= 15 is 0 Å². The van der Waals surface area contributed by atoms with E-state index in [2.05, 4.69) is 52.0 Å². The maximum atomic E-state index is 12.9. The Balaban J connectivity index is 1.79. The zero-order valence-corrected chi connectivity index (χ0v) is 18.2. The first-order valence-electron chi connectivity index (χ1n) is 10.7. The van der Waals surface area contributed by atoms with Crippen molar-refractivity contribution < 1.29 is 9.90 Å². The Morgan fingerprint density at radius 1 is 1.26 bits per heavy atom. The van der Waals surface area contributed by atoms with Gasteiger partial charge in [-0.2, -0.15) is 11.8 Å². The van der Waals surface area contributed by atoms with Gasteiger partial charge in [0.25, 0.3) is 0 Å². The van der Waals surface area contributed by atoms with E-state index in [9.17, 15) is 9.90 Å². The molecule has 0 aromatic heterocycles. The summed E-state index contributed by atoms with van der Waals surface area (Å²) >= 11 is 1.92. The maximum absolute atomic E-state index is 12.9. The summed E-state index contributed by atoms with van der Waals surface area (Å²) in [7, 11) is 0. The van der Waals surface area contributed by atoms with Gasteiger partial charge in [-0.25, -0.2) is 0 Å². The minimum absolute atomic E-state index is 0.113. The zero-order valence-electron chi connectivity index (χ0n) is 17.4. The molecule has 0 spiro atoms. The lowest BCUT2D eigenvalue weighted by Gasteiger charge is -2.38. The van der Waals surface area contributed by atoms with Crippen molar-refractivity contribution in [3.8, 4) is 0 Å². The molecular weight excluding hydrogens is 352 g/mol. The minimum atomic E-state index is -0.288. The molecule has 2 aliphatic carbocycles. The largest absolute Gasteiger partial charge is 0.393 e. The van der Waals surface area contributed by atoms with Gasteiger partial charge < -0.3 is 5.11 Å². The van der Waals surface area contributed by atoms with Gasteiger partial charge in [0.15, 0.2) is 0 Å². The second-order valence-electron chi connectivity index (χ2n) is 9.38. The van der Waals surface area contributed by atoms with Gasteiger partial charge >= 0.3 is 0 Å². The predicted molar refractivity (Wildman–Crippen MR) is 115 cm³/mol. The van der Waals surface area contributed by atoms with Crippen LogP contribution in [0, 0.1) is 22.7 Å². The first-order valence-corrected chi connectivity index (χ1v) is 11.8. The number of benzene rings is 1. The van der Waals surface area contributed by atoms with E-state index in [0.717, 1.165) is 37.9 Å². The van der Waals surface area contributed by atoms with Gasteiger partial charge in [-0.1, -0.05) is 70.9 Å². The van der Waals surface area contributed by atoms with Crippen molar-refractivity contribution in [2.24, 2.45) is 22.7 Å². The van der Waals surface area contributed by atoms with Crippen LogP contribution in [0.15, 0.2) is 30.3 Å². The molecule has 1 N–H and O–H groups in total. The molecule has 0 unspecified atom stereocenters. The average molecular weight is 389 g/mol. The maximum Gasteiger partial charge on any atom is 0.140 e. The van der Waals surface area contributed by atoms with Gasteiger partial charge in [-0.15, -0.1) is 0 Å². The highest BCUT2D eigenvalue weighted by molar-refractivity contribution is 7.99. The quantitative estimate of drug-likeness (QED) is 0.560. The van der Waals surface area contributed by atoms with Crippen LogP contribution in [0.4, 0.5) is 0 Å². The topological polar surface area (TPSA) is 37.3 Å². The number of ketones is 1. The number of unbranched alkanes of at least 4 members (excludes halogenated alkanes) is 1. The molecule has 1 aromatic carbocycles. The van der Waals surface area contributed by atoms with Crippen LogP contribution in [0.3, 0.4) is 0 Å². The number of Topliss-reactive ketones (excluding diaryl/α,β-unsaturated/α-hetero) is 1.